The molecule has 0 aliphatic carbocycles. The molecule has 0 saturated heterocycles. The van der Waals surface area contributed by atoms with Crippen molar-refractivity contribution in [3.63, 3.8) is 0 Å². The van der Waals surface area contributed by atoms with Gasteiger partial charge in [0.05, 0.1) is 5.69 Å². The Kier molecular flexibility index (Phi) is 4.40. The molecule has 0 saturated carbocycles. The molecule has 13 heavy (non-hydrogen) atoms. The maximum atomic E-state index is 4.27. The standard InChI is InChI=1S/C10H17N3/c1-3-11-5-4-9(2)10-8-12-6-7-13-10/h6-9,11H,3-5H2,1-2H3. The lowest BCUT2D eigenvalue weighted by Crippen LogP contribution is -2.16. The van der Waals surface area contributed by atoms with Gasteiger partial charge in [0.2, 0.25) is 0 Å². The van der Waals surface area contributed by atoms with Gasteiger partial charge in [-0.2, -0.15) is 0 Å². The van der Waals surface area contributed by atoms with Gasteiger partial charge in [0.25, 0.3) is 0 Å². The third-order valence-electron chi connectivity index (χ3n) is 2.09. The molecule has 0 bridgehead atoms. The number of rotatable bonds is 5. The summed E-state index contributed by atoms with van der Waals surface area (Å²) in [5, 5.41) is 3.30. The van der Waals surface area contributed by atoms with E-state index in [1.165, 1.54) is 0 Å². The van der Waals surface area contributed by atoms with Crippen LogP contribution in [0.3, 0.4) is 0 Å². The molecule has 1 N–H and O–H groups in total. The van der Waals surface area contributed by atoms with Gasteiger partial charge in [-0.15, -0.1) is 0 Å². The Hall–Kier alpha value is -0.960. The van der Waals surface area contributed by atoms with Crippen molar-refractivity contribution in [2.75, 3.05) is 13.1 Å². The first-order valence-electron chi connectivity index (χ1n) is 4.81. The van der Waals surface area contributed by atoms with E-state index in [1.54, 1.807) is 12.4 Å². The molecular formula is C10H17N3. The Bertz CT molecular complexity index is 223. The summed E-state index contributed by atoms with van der Waals surface area (Å²) in [5.41, 5.74) is 1.08. The lowest BCUT2D eigenvalue weighted by atomic mass is 10.0. The van der Waals surface area contributed by atoms with Crippen LogP contribution in [-0.2, 0) is 0 Å². The number of hydrogen-bond donors (Lipinski definition) is 1. The van der Waals surface area contributed by atoms with Crippen LogP contribution in [0.4, 0.5) is 0 Å². The molecular weight excluding hydrogens is 162 g/mol. The zero-order valence-corrected chi connectivity index (χ0v) is 8.33. The van der Waals surface area contributed by atoms with Crippen molar-refractivity contribution in [1.82, 2.24) is 15.3 Å². The molecule has 0 aliphatic rings. The molecule has 0 amide bonds. The van der Waals surface area contributed by atoms with Gasteiger partial charge in [-0.1, -0.05) is 13.8 Å². The molecule has 1 heterocycles. The van der Waals surface area contributed by atoms with Crippen LogP contribution in [0.1, 0.15) is 31.9 Å². The van der Waals surface area contributed by atoms with E-state index in [2.05, 4.69) is 29.1 Å². The van der Waals surface area contributed by atoms with Crippen molar-refractivity contribution in [3.05, 3.63) is 24.3 Å². The zero-order valence-electron chi connectivity index (χ0n) is 8.33. The van der Waals surface area contributed by atoms with Crippen LogP contribution in [0.25, 0.3) is 0 Å². The topological polar surface area (TPSA) is 37.8 Å². The minimum Gasteiger partial charge on any atom is -0.317 e. The summed E-state index contributed by atoms with van der Waals surface area (Å²) in [6, 6.07) is 0. The number of nitrogens with one attached hydrogen (secondary N) is 1. The molecule has 0 aromatic carbocycles. The van der Waals surface area contributed by atoms with Gasteiger partial charge in [-0.3, -0.25) is 9.97 Å². The molecule has 1 atom stereocenters. The quantitative estimate of drug-likeness (QED) is 0.697. The van der Waals surface area contributed by atoms with Crippen LogP contribution in [0.15, 0.2) is 18.6 Å². The van der Waals surface area contributed by atoms with Crippen molar-refractivity contribution >= 4 is 0 Å². The maximum absolute atomic E-state index is 4.27. The summed E-state index contributed by atoms with van der Waals surface area (Å²) < 4.78 is 0. The van der Waals surface area contributed by atoms with Crippen LogP contribution in [0.5, 0.6) is 0 Å². The number of hydrogen-bond acceptors (Lipinski definition) is 3. The highest BCUT2D eigenvalue weighted by Crippen LogP contribution is 2.13. The predicted molar refractivity (Wildman–Crippen MR) is 53.6 cm³/mol. The third kappa shape index (κ3) is 3.51. The van der Waals surface area contributed by atoms with E-state index in [0.717, 1.165) is 25.2 Å². The average Bonchev–Trinajstić information content (AvgIpc) is 2.19. The van der Waals surface area contributed by atoms with E-state index in [0.29, 0.717) is 5.92 Å². The fraction of sp³-hybridized carbons (Fsp3) is 0.600. The Morgan fingerprint density at radius 2 is 2.31 bits per heavy atom. The second-order valence-corrected chi connectivity index (χ2v) is 3.17. The van der Waals surface area contributed by atoms with Crippen LogP contribution >= 0.6 is 0 Å². The summed E-state index contributed by atoms with van der Waals surface area (Å²) in [7, 11) is 0. The Morgan fingerprint density at radius 3 is 2.92 bits per heavy atom. The van der Waals surface area contributed by atoms with E-state index in [1.807, 2.05) is 6.20 Å². The van der Waals surface area contributed by atoms with Crippen molar-refractivity contribution in [2.24, 2.45) is 0 Å². The molecule has 1 unspecified atom stereocenters. The second-order valence-electron chi connectivity index (χ2n) is 3.17. The van der Waals surface area contributed by atoms with Crippen molar-refractivity contribution < 1.29 is 0 Å². The molecule has 3 nitrogen and oxygen atoms in total. The highest BCUT2D eigenvalue weighted by molar-refractivity contribution is 5.01. The Morgan fingerprint density at radius 1 is 1.46 bits per heavy atom. The monoisotopic (exact) mass is 179 g/mol. The summed E-state index contributed by atoms with van der Waals surface area (Å²) in [5.74, 6) is 0.493. The van der Waals surface area contributed by atoms with Gasteiger partial charge in [0, 0.05) is 24.5 Å². The van der Waals surface area contributed by atoms with Crippen LogP contribution in [-0.4, -0.2) is 23.1 Å². The lowest BCUT2D eigenvalue weighted by Gasteiger charge is -2.09. The molecule has 0 fully saturated rings. The highest BCUT2D eigenvalue weighted by Gasteiger charge is 2.05. The van der Waals surface area contributed by atoms with E-state index in [4.69, 9.17) is 0 Å². The molecule has 0 spiro atoms. The number of nitrogens with zero attached hydrogens (tertiary/aromatic N) is 2. The normalized spacial score (nSPS) is 12.8. The maximum Gasteiger partial charge on any atom is 0.0615 e. The zero-order chi connectivity index (χ0) is 9.52. The van der Waals surface area contributed by atoms with E-state index >= 15 is 0 Å². The number of aromatic nitrogens is 2. The molecule has 3 heteroatoms. The fourth-order valence-electron chi connectivity index (χ4n) is 1.21. The Balaban J connectivity index is 2.35. The van der Waals surface area contributed by atoms with Gasteiger partial charge >= 0.3 is 0 Å². The average molecular weight is 179 g/mol. The smallest absolute Gasteiger partial charge is 0.0615 e. The van der Waals surface area contributed by atoms with Crippen molar-refractivity contribution in [1.29, 1.82) is 0 Å². The van der Waals surface area contributed by atoms with Gasteiger partial charge in [-0.25, -0.2) is 0 Å². The predicted octanol–water partition coefficient (Wildman–Crippen LogP) is 1.58. The molecule has 0 aliphatic heterocycles. The third-order valence-corrected chi connectivity index (χ3v) is 2.09. The Labute approximate surface area is 79.6 Å². The second kappa shape index (κ2) is 5.65. The molecule has 1 aromatic rings. The van der Waals surface area contributed by atoms with Crippen LogP contribution in [0, 0.1) is 0 Å². The SMILES string of the molecule is CCNCCC(C)c1cnccn1. The van der Waals surface area contributed by atoms with Gasteiger partial charge < -0.3 is 5.32 Å². The van der Waals surface area contributed by atoms with E-state index < -0.39 is 0 Å². The summed E-state index contributed by atoms with van der Waals surface area (Å²) in [6.45, 7) is 6.38. The van der Waals surface area contributed by atoms with E-state index in [-0.39, 0.29) is 0 Å². The molecule has 1 aromatic heterocycles. The van der Waals surface area contributed by atoms with Crippen molar-refractivity contribution in [2.45, 2.75) is 26.2 Å². The van der Waals surface area contributed by atoms with Crippen LogP contribution in [0.2, 0.25) is 0 Å². The summed E-state index contributed by atoms with van der Waals surface area (Å²) in [4.78, 5) is 8.32. The van der Waals surface area contributed by atoms with Crippen LogP contribution < -0.4 is 5.32 Å². The first-order valence-corrected chi connectivity index (χ1v) is 4.81. The van der Waals surface area contributed by atoms with Crippen molar-refractivity contribution in [3.8, 4) is 0 Å². The highest BCUT2D eigenvalue weighted by atomic mass is 14.8. The summed E-state index contributed by atoms with van der Waals surface area (Å²) >= 11 is 0. The summed E-state index contributed by atoms with van der Waals surface area (Å²) in [6.07, 6.45) is 6.42. The largest absolute Gasteiger partial charge is 0.317 e. The van der Waals surface area contributed by atoms with Gasteiger partial charge in [0.15, 0.2) is 0 Å². The lowest BCUT2D eigenvalue weighted by molar-refractivity contribution is 0.597. The fourth-order valence-corrected chi connectivity index (χ4v) is 1.21. The first-order chi connectivity index (χ1) is 6.34. The van der Waals surface area contributed by atoms with E-state index in [9.17, 15) is 0 Å². The molecule has 72 valence electrons. The van der Waals surface area contributed by atoms with Gasteiger partial charge in [0.1, 0.15) is 0 Å². The van der Waals surface area contributed by atoms with Gasteiger partial charge in [-0.05, 0) is 19.5 Å². The minimum absolute atomic E-state index is 0.493. The molecule has 1 rings (SSSR count). The molecule has 0 radical (unpaired) electrons. The first kappa shape index (κ1) is 10.1. The minimum atomic E-state index is 0.493.